The van der Waals surface area contributed by atoms with Crippen molar-refractivity contribution in [1.29, 1.82) is 0 Å². The van der Waals surface area contributed by atoms with Gasteiger partial charge in [0, 0.05) is 24.1 Å². The molecule has 5 heteroatoms. The van der Waals surface area contributed by atoms with Crippen LogP contribution in [0.2, 0.25) is 0 Å². The summed E-state index contributed by atoms with van der Waals surface area (Å²) in [5.41, 5.74) is 11.4. The molecule has 0 saturated heterocycles. The van der Waals surface area contributed by atoms with Gasteiger partial charge in [-0.15, -0.1) is 0 Å². The van der Waals surface area contributed by atoms with Crippen molar-refractivity contribution < 1.29 is 17.5 Å². The number of hydrogen-bond donors (Lipinski definition) is 1. The van der Waals surface area contributed by atoms with E-state index in [1.54, 1.807) is 0 Å². The SMILES string of the molecule is CC1(C)C(/C=C/c2ccc(C(=C(c3ccccc3)c3ccccc3)c3ccccc3)cc2)=[N+](CCCCS(=O)(=O)O)c2ccccc21. The van der Waals surface area contributed by atoms with Crippen molar-refractivity contribution in [3.8, 4) is 0 Å². The lowest BCUT2D eigenvalue weighted by atomic mass is 9.81. The number of para-hydroxylation sites is 1. The van der Waals surface area contributed by atoms with Crippen LogP contribution in [0.15, 0.2) is 146 Å². The summed E-state index contributed by atoms with van der Waals surface area (Å²) in [5, 5.41) is 0. The fourth-order valence-electron chi connectivity index (χ4n) is 6.60. The highest BCUT2D eigenvalue weighted by Gasteiger charge is 2.43. The highest BCUT2D eigenvalue weighted by molar-refractivity contribution is 7.85. The van der Waals surface area contributed by atoms with Gasteiger partial charge in [0.05, 0.1) is 11.2 Å². The van der Waals surface area contributed by atoms with Crippen LogP contribution >= 0.6 is 0 Å². The Labute approximate surface area is 278 Å². The first-order valence-electron chi connectivity index (χ1n) is 16.1. The maximum absolute atomic E-state index is 11.3. The Balaban J connectivity index is 1.39. The predicted octanol–water partition coefficient (Wildman–Crippen LogP) is 9.45. The van der Waals surface area contributed by atoms with Gasteiger partial charge >= 0.3 is 0 Å². The summed E-state index contributed by atoms with van der Waals surface area (Å²) >= 11 is 0. The Morgan fingerprint density at radius 1 is 0.617 bits per heavy atom. The third kappa shape index (κ3) is 7.27. The van der Waals surface area contributed by atoms with Gasteiger partial charge < -0.3 is 0 Å². The lowest BCUT2D eigenvalue weighted by molar-refractivity contribution is -0.438. The number of rotatable bonds is 11. The van der Waals surface area contributed by atoms with Gasteiger partial charge in [0.15, 0.2) is 5.71 Å². The van der Waals surface area contributed by atoms with Crippen LogP contribution in [0.3, 0.4) is 0 Å². The van der Waals surface area contributed by atoms with Gasteiger partial charge in [-0.25, -0.2) is 0 Å². The second-order valence-electron chi connectivity index (χ2n) is 12.5. The Kier molecular flexibility index (Phi) is 9.48. The molecule has 1 aliphatic rings. The van der Waals surface area contributed by atoms with E-state index in [2.05, 4.69) is 164 Å². The van der Waals surface area contributed by atoms with E-state index in [4.69, 9.17) is 0 Å². The van der Waals surface area contributed by atoms with Gasteiger partial charge in [-0.05, 0) is 65.3 Å². The van der Waals surface area contributed by atoms with E-state index < -0.39 is 10.1 Å². The molecule has 4 nitrogen and oxygen atoms in total. The summed E-state index contributed by atoms with van der Waals surface area (Å²) in [7, 11) is -3.97. The highest BCUT2D eigenvalue weighted by atomic mass is 32.2. The van der Waals surface area contributed by atoms with Crippen molar-refractivity contribution in [2.45, 2.75) is 32.1 Å². The molecule has 1 N–H and O–H groups in total. The quantitative estimate of drug-likeness (QED) is 0.0679. The molecule has 0 spiro atoms. The monoisotopic (exact) mass is 638 g/mol. The molecular weight excluding hydrogens is 599 g/mol. The van der Waals surface area contributed by atoms with Crippen molar-refractivity contribution in [1.82, 2.24) is 0 Å². The summed E-state index contributed by atoms with van der Waals surface area (Å²) in [6, 6.07) is 48.9. The second-order valence-corrected chi connectivity index (χ2v) is 14.0. The van der Waals surface area contributed by atoms with E-state index in [1.807, 2.05) is 6.07 Å². The maximum Gasteiger partial charge on any atom is 0.264 e. The Morgan fingerprint density at radius 2 is 1.09 bits per heavy atom. The lowest BCUT2D eigenvalue weighted by Gasteiger charge is -2.18. The number of hydrogen-bond acceptors (Lipinski definition) is 2. The van der Waals surface area contributed by atoms with E-state index in [1.165, 1.54) is 16.7 Å². The summed E-state index contributed by atoms with van der Waals surface area (Å²) in [6.07, 6.45) is 5.42. The first-order valence-corrected chi connectivity index (χ1v) is 17.7. The number of nitrogens with zero attached hydrogens (tertiary/aromatic N) is 1. The van der Waals surface area contributed by atoms with Crippen molar-refractivity contribution in [2.24, 2.45) is 0 Å². The molecule has 0 saturated carbocycles. The first-order chi connectivity index (χ1) is 22.7. The van der Waals surface area contributed by atoms with Gasteiger partial charge in [0.25, 0.3) is 10.1 Å². The average molecular weight is 639 g/mol. The molecule has 5 aromatic rings. The van der Waals surface area contributed by atoms with Crippen molar-refractivity contribution >= 4 is 38.7 Å². The summed E-state index contributed by atoms with van der Waals surface area (Å²) in [5.74, 6) is -0.223. The normalized spacial score (nSPS) is 13.9. The van der Waals surface area contributed by atoms with Gasteiger partial charge in [0.1, 0.15) is 6.54 Å². The van der Waals surface area contributed by atoms with Gasteiger partial charge in [0.2, 0.25) is 5.69 Å². The van der Waals surface area contributed by atoms with Crippen LogP contribution in [-0.2, 0) is 15.5 Å². The molecule has 5 aromatic carbocycles. The molecule has 0 radical (unpaired) electrons. The van der Waals surface area contributed by atoms with E-state index >= 15 is 0 Å². The highest BCUT2D eigenvalue weighted by Crippen LogP contribution is 2.40. The molecule has 0 aromatic heterocycles. The molecule has 6 rings (SSSR count). The molecule has 47 heavy (non-hydrogen) atoms. The predicted molar refractivity (Wildman–Crippen MR) is 195 cm³/mol. The van der Waals surface area contributed by atoms with Crippen LogP contribution in [0, 0.1) is 0 Å². The van der Waals surface area contributed by atoms with Crippen LogP contribution in [0.5, 0.6) is 0 Å². The zero-order valence-electron chi connectivity index (χ0n) is 26.9. The van der Waals surface area contributed by atoms with Gasteiger partial charge in [-0.1, -0.05) is 133 Å². The van der Waals surface area contributed by atoms with Crippen LogP contribution in [-0.4, -0.2) is 35.6 Å². The first kappa shape index (κ1) is 32.1. The minimum atomic E-state index is -3.97. The molecule has 0 amide bonds. The zero-order chi connectivity index (χ0) is 32.9. The molecule has 236 valence electrons. The molecule has 0 atom stereocenters. The van der Waals surface area contributed by atoms with Gasteiger partial charge in [-0.2, -0.15) is 13.0 Å². The lowest BCUT2D eigenvalue weighted by Crippen LogP contribution is -2.28. The third-order valence-corrected chi connectivity index (χ3v) is 9.71. The fraction of sp³-hybridized carbons (Fsp3) is 0.167. The van der Waals surface area contributed by atoms with Crippen LogP contribution in [0.1, 0.15) is 60.1 Å². The molecule has 0 fully saturated rings. The molecule has 1 heterocycles. The Bertz CT molecular complexity index is 2000. The average Bonchev–Trinajstić information content (AvgIpc) is 3.30. The van der Waals surface area contributed by atoms with E-state index in [0.717, 1.165) is 39.2 Å². The molecule has 0 bridgehead atoms. The molecule has 0 unspecified atom stereocenters. The molecule has 1 aliphatic heterocycles. The smallest absolute Gasteiger partial charge is 0.264 e. The largest absolute Gasteiger partial charge is 0.286 e. The van der Waals surface area contributed by atoms with Crippen LogP contribution in [0.25, 0.3) is 17.2 Å². The molecular formula is C42H40NO3S+. The Morgan fingerprint density at radius 3 is 1.60 bits per heavy atom. The van der Waals surface area contributed by atoms with Crippen LogP contribution < -0.4 is 0 Å². The third-order valence-electron chi connectivity index (χ3n) is 8.90. The maximum atomic E-state index is 11.3. The van der Waals surface area contributed by atoms with E-state index in [9.17, 15) is 13.0 Å². The summed E-state index contributed by atoms with van der Waals surface area (Å²) < 4.78 is 34.1. The van der Waals surface area contributed by atoms with Gasteiger partial charge in [-0.3, -0.25) is 4.55 Å². The number of allylic oxidation sites excluding steroid dienone is 1. The summed E-state index contributed by atoms with van der Waals surface area (Å²) in [4.78, 5) is 0. The minimum absolute atomic E-state index is 0.223. The second kappa shape index (κ2) is 13.9. The number of fused-ring (bicyclic) bond motifs is 1. The number of benzene rings is 5. The topological polar surface area (TPSA) is 57.4 Å². The summed E-state index contributed by atoms with van der Waals surface area (Å²) in [6.45, 7) is 5.14. The Hall–Kier alpha value is -4.84. The van der Waals surface area contributed by atoms with Crippen molar-refractivity contribution in [3.05, 3.63) is 179 Å². The van der Waals surface area contributed by atoms with E-state index in [0.29, 0.717) is 19.4 Å². The van der Waals surface area contributed by atoms with Crippen molar-refractivity contribution in [3.63, 3.8) is 0 Å². The van der Waals surface area contributed by atoms with E-state index in [-0.39, 0.29) is 11.2 Å². The van der Waals surface area contributed by atoms with Crippen LogP contribution in [0.4, 0.5) is 5.69 Å². The standard InChI is InChI=1S/C42H39NO3S/c1-42(2)37-22-12-13-23-38(37)43(30-14-15-31-47(44,45)46)39(42)29-26-32-24-27-36(28-25-32)41(35-20-10-5-11-21-35)40(33-16-6-3-7-17-33)34-18-8-4-9-19-34/h3-13,16-29H,14-15,30-31H2,1-2H3/p+1/b29-26+. The van der Waals surface area contributed by atoms with Crippen molar-refractivity contribution in [2.75, 3.05) is 12.3 Å². The number of unbranched alkanes of at least 4 members (excludes halogenated alkanes) is 1. The fourth-order valence-corrected chi connectivity index (χ4v) is 7.17. The zero-order valence-corrected chi connectivity index (χ0v) is 27.7. The molecule has 0 aliphatic carbocycles. The minimum Gasteiger partial charge on any atom is -0.286 e.